The molecule has 3 nitrogen and oxygen atoms in total. The minimum absolute atomic E-state index is 0.132. The summed E-state index contributed by atoms with van der Waals surface area (Å²) in [4.78, 5) is 7.93. The maximum atomic E-state index is 7.49. The van der Waals surface area contributed by atoms with Gasteiger partial charge in [-0.1, -0.05) is 55.1 Å². The fourth-order valence-corrected chi connectivity index (χ4v) is 2.94. The first-order chi connectivity index (χ1) is 10.6. The molecule has 3 heteroatoms. The minimum atomic E-state index is 0.132. The van der Waals surface area contributed by atoms with Gasteiger partial charge < -0.3 is 9.74 Å². The maximum Gasteiger partial charge on any atom is 0.247 e. The van der Waals surface area contributed by atoms with Crippen molar-refractivity contribution < 1.29 is 0 Å². The van der Waals surface area contributed by atoms with Crippen LogP contribution in [0.1, 0.15) is 12.5 Å². The van der Waals surface area contributed by atoms with Gasteiger partial charge in [0.25, 0.3) is 0 Å². The van der Waals surface area contributed by atoms with Crippen LogP contribution in [0.5, 0.6) is 0 Å². The van der Waals surface area contributed by atoms with Crippen LogP contribution in [0, 0.1) is 13.5 Å². The van der Waals surface area contributed by atoms with Crippen LogP contribution in [0.25, 0.3) is 16.0 Å². The number of hydrogen-bond donors (Lipinski definition) is 0. The summed E-state index contributed by atoms with van der Waals surface area (Å²) in [6.45, 7) is 11.7. The predicted octanol–water partition coefficient (Wildman–Crippen LogP) is 4.48. The summed E-state index contributed by atoms with van der Waals surface area (Å²) in [5.41, 5.74) is 4.63. The van der Waals surface area contributed by atoms with Crippen molar-refractivity contribution in [2.24, 2.45) is 0 Å². The molecule has 0 aliphatic carbocycles. The van der Waals surface area contributed by atoms with Crippen LogP contribution in [0.4, 0.5) is 5.69 Å². The number of benzene rings is 2. The molecule has 0 spiro atoms. The summed E-state index contributed by atoms with van der Waals surface area (Å²) in [6.07, 6.45) is 2.05. The van der Waals surface area contributed by atoms with Gasteiger partial charge in [-0.15, -0.1) is 0 Å². The smallest absolute Gasteiger partial charge is 0.247 e. The molecule has 110 valence electrons. The second-order valence-electron chi connectivity index (χ2n) is 5.60. The first-order valence-electron chi connectivity index (χ1n) is 7.39. The first-order valence-corrected chi connectivity index (χ1v) is 7.39. The van der Waals surface area contributed by atoms with E-state index in [1.165, 1.54) is 11.1 Å². The molecule has 3 rings (SSSR count). The number of anilines is 1. The Labute approximate surface area is 131 Å². The van der Waals surface area contributed by atoms with Crippen molar-refractivity contribution in [1.29, 1.82) is 0 Å². The molecule has 2 aromatic carbocycles. The lowest BCUT2D eigenvalue weighted by Gasteiger charge is -2.28. The van der Waals surface area contributed by atoms with Crippen LogP contribution >= 0.6 is 0 Å². The second kappa shape index (κ2) is 5.57. The molecule has 0 N–H and O–H groups in total. The molecule has 1 heterocycles. The van der Waals surface area contributed by atoms with Gasteiger partial charge in [0.2, 0.25) is 5.82 Å². The molecule has 0 unspecified atom stereocenters. The van der Waals surface area contributed by atoms with Gasteiger partial charge >= 0.3 is 0 Å². The SMILES string of the molecule is [C-]#[N+]C1=CN(C)[C@H](C)N1c1c(C)cccc1-c1ccccc1. The van der Waals surface area contributed by atoms with Gasteiger partial charge in [-0.3, -0.25) is 4.90 Å². The standard InChI is InChI=1S/C19H19N3/c1-14-9-8-12-17(16-10-6-5-7-11-16)19(14)22-15(2)21(4)13-18(22)20-3/h5-13,15H,1-2,4H3/t15-/m0/s1. The van der Waals surface area contributed by atoms with Gasteiger partial charge in [0, 0.05) is 18.8 Å². The Kier molecular flexibility index (Phi) is 3.60. The van der Waals surface area contributed by atoms with Gasteiger partial charge in [0.05, 0.1) is 0 Å². The Balaban J connectivity index is 2.20. The fourth-order valence-electron chi connectivity index (χ4n) is 2.94. The van der Waals surface area contributed by atoms with Crippen molar-refractivity contribution in [3.05, 3.63) is 77.5 Å². The van der Waals surface area contributed by atoms with E-state index in [-0.39, 0.29) is 6.17 Å². The Morgan fingerprint density at radius 2 is 1.77 bits per heavy atom. The van der Waals surface area contributed by atoms with Crippen molar-refractivity contribution in [2.45, 2.75) is 20.0 Å². The van der Waals surface area contributed by atoms with E-state index in [0.717, 1.165) is 11.3 Å². The fraction of sp³-hybridized carbons (Fsp3) is 0.211. The highest BCUT2D eigenvalue weighted by Crippen LogP contribution is 2.39. The van der Waals surface area contributed by atoms with Crippen LogP contribution in [-0.2, 0) is 0 Å². The molecule has 1 aliphatic rings. The predicted molar refractivity (Wildman–Crippen MR) is 91.0 cm³/mol. The number of rotatable bonds is 2. The van der Waals surface area contributed by atoms with Crippen molar-refractivity contribution in [1.82, 2.24) is 4.90 Å². The highest BCUT2D eigenvalue weighted by atomic mass is 15.4. The summed E-state index contributed by atoms with van der Waals surface area (Å²) in [5.74, 6) is 0.668. The Morgan fingerprint density at radius 1 is 1.05 bits per heavy atom. The highest BCUT2D eigenvalue weighted by Gasteiger charge is 2.33. The molecule has 1 atom stereocenters. The average molecular weight is 289 g/mol. The highest BCUT2D eigenvalue weighted by molar-refractivity contribution is 5.83. The zero-order chi connectivity index (χ0) is 15.7. The summed E-state index contributed by atoms with van der Waals surface area (Å²) >= 11 is 0. The number of nitrogens with zero attached hydrogens (tertiary/aromatic N) is 3. The maximum absolute atomic E-state index is 7.49. The monoisotopic (exact) mass is 289 g/mol. The van der Waals surface area contributed by atoms with Crippen molar-refractivity contribution in [2.75, 3.05) is 11.9 Å². The zero-order valence-corrected chi connectivity index (χ0v) is 13.1. The molecule has 0 amide bonds. The van der Waals surface area contributed by atoms with E-state index in [1.807, 2.05) is 31.4 Å². The van der Waals surface area contributed by atoms with E-state index in [9.17, 15) is 0 Å². The Hall–Kier alpha value is -2.73. The summed E-state index contributed by atoms with van der Waals surface area (Å²) in [7, 11) is 2.01. The quantitative estimate of drug-likeness (QED) is 0.755. The van der Waals surface area contributed by atoms with Crippen LogP contribution in [-0.4, -0.2) is 18.1 Å². The normalized spacial score (nSPS) is 17.4. The van der Waals surface area contributed by atoms with E-state index < -0.39 is 0 Å². The molecule has 0 saturated carbocycles. The number of para-hydroxylation sites is 1. The van der Waals surface area contributed by atoms with Crippen molar-refractivity contribution in [3.8, 4) is 11.1 Å². The topological polar surface area (TPSA) is 10.8 Å². The lowest BCUT2D eigenvalue weighted by atomic mass is 9.99. The van der Waals surface area contributed by atoms with Crippen LogP contribution in [0.15, 0.2) is 60.6 Å². The van der Waals surface area contributed by atoms with E-state index in [2.05, 4.69) is 58.8 Å². The second-order valence-corrected chi connectivity index (χ2v) is 5.60. The third-order valence-corrected chi connectivity index (χ3v) is 4.21. The largest absolute Gasteiger partial charge is 0.363 e. The summed E-state index contributed by atoms with van der Waals surface area (Å²) in [5, 5.41) is 0. The molecule has 0 bridgehead atoms. The molecule has 0 radical (unpaired) electrons. The molecule has 0 saturated heterocycles. The first kappa shape index (κ1) is 14.2. The molecule has 0 fully saturated rings. The van der Waals surface area contributed by atoms with Crippen LogP contribution in [0.3, 0.4) is 0 Å². The summed E-state index contributed by atoms with van der Waals surface area (Å²) < 4.78 is 0. The van der Waals surface area contributed by atoms with Gasteiger partial charge in [0.1, 0.15) is 5.69 Å². The number of hydrogen-bond acceptors (Lipinski definition) is 2. The lowest BCUT2D eigenvalue weighted by molar-refractivity contribution is 0.382. The molecular weight excluding hydrogens is 270 g/mol. The van der Waals surface area contributed by atoms with Crippen molar-refractivity contribution in [3.63, 3.8) is 0 Å². The number of aryl methyl sites for hydroxylation is 1. The van der Waals surface area contributed by atoms with Gasteiger partial charge in [-0.25, -0.2) is 0 Å². The third kappa shape index (κ3) is 2.23. The van der Waals surface area contributed by atoms with Crippen molar-refractivity contribution >= 4 is 5.69 Å². The van der Waals surface area contributed by atoms with E-state index in [0.29, 0.717) is 5.82 Å². The average Bonchev–Trinajstić information content (AvgIpc) is 2.83. The lowest BCUT2D eigenvalue weighted by Crippen LogP contribution is -2.35. The van der Waals surface area contributed by atoms with Gasteiger partial charge in [0.15, 0.2) is 6.17 Å². The minimum Gasteiger partial charge on any atom is -0.363 e. The molecule has 22 heavy (non-hydrogen) atoms. The zero-order valence-electron chi connectivity index (χ0n) is 13.1. The Morgan fingerprint density at radius 3 is 2.45 bits per heavy atom. The van der Waals surface area contributed by atoms with Crippen LogP contribution in [0.2, 0.25) is 0 Å². The van der Waals surface area contributed by atoms with E-state index in [4.69, 9.17) is 6.57 Å². The third-order valence-electron chi connectivity index (χ3n) is 4.21. The van der Waals surface area contributed by atoms with Gasteiger partial charge in [-0.05, 0) is 25.0 Å². The van der Waals surface area contributed by atoms with E-state index in [1.54, 1.807) is 0 Å². The molecular formula is C19H19N3. The Bertz CT molecular complexity index is 756. The molecule has 2 aromatic rings. The summed E-state index contributed by atoms with van der Waals surface area (Å²) in [6, 6.07) is 16.7. The van der Waals surface area contributed by atoms with Gasteiger partial charge in [-0.2, -0.15) is 0 Å². The molecule has 0 aromatic heterocycles. The molecule has 1 aliphatic heterocycles. The van der Waals surface area contributed by atoms with E-state index >= 15 is 0 Å². The van der Waals surface area contributed by atoms with Crippen LogP contribution < -0.4 is 4.90 Å².